The van der Waals surface area contributed by atoms with Gasteiger partial charge < -0.3 is 20.4 Å². The molecule has 2 aliphatic heterocycles. The van der Waals surface area contributed by atoms with Gasteiger partial charge in [-0.1, -0.05) is 67.1 Å². The highest BCUT2D eigenvalue weighted by atomic mass is 35.5. The highest BCUT2D eigenvalue weighted by molar-refractivity contribution is 7.92. The summed E-state index contributed by atoms with van der Waals surface area (Å²) in [6.07, 6.45) is 2.82. The van der Waals surface area contributed by atoms with Crippen LogP contribution in [-0.2, 0) is 39.0 Å². The SMILES string of the molecule is CCCN(c1ccccc1N1CCN(C(=O)[C@@H](Cc2ccc(Cl)cc2)NC(=O)C2Cc3ccccc3CN2)CC1)S(C)(=O)=O. The molecule has 234 valence electrons. The Morgan fingerprint density at radius 1 is 0.977 bits per heavy atom. The fourth-order valence-electron chi connectivity index (χ4n) is 5.97. The molecule has 0 saturated carbocycles. The van der Waals surface area contributed by atoms with Crippen molar-refractivity contribution in [2.45, 2.75) is 44.8 Å². The summed E-state index contributed by atoms with van der Waals surface area (Å²) in [5, 5.41) is 6.99. The second-order valence-electron chi connectivity index (χ2n) is 11.4. The van der Waals surface area contributed by atoms with E-state index in [0.717, 1.165) is 16.8 Å². The molecule has 0 spiro atoms. The third-order valence-electron chi connectivity index (χ3n) is 8.27. The van der Waals surface area contributed by atoms with E-state index in [1.54, 1.807) is 17.0 Å². The molecule has 0 aromatic heterocycles. The number of sulfonamides is 1. The molecule has 44 heavy (non-hydrogen) atoms. The van der Waals surface area contributed by atoms with Crippen LogP contribution in [0.15, 0.2) is 72.8 Å². The van der Waals surface area contributed by atoms with E-state index in [4.69, 9.17) is 11.6 Å². The zero-order valence-corrected chi connectivity index (χ0v) is 26.8. The number of carbonyl (C=O) groups is 2. The summed E-state index contributed by atoms with van der Waals surface area (Å²) in [7, 11) is -3.46. The molecule has 2 heterocycles. The molecule has 0 aliphatic carbocycles. The molecule has 1 saturated heterocycles. The fraction of sp³-hybridized carbons (Fsp3) is 0.394. The van der Waals surface area contributed by atoms with E-state index in [1.807, 2.05) is 61.5 Å². The van der Waals surface area contributed by atoms with Crippen LogP contribution < -0.4 is 19.8 Å². The van der Waals surface area contributed by atoms with Gasteiger partial charge in [0.25, 0.3) is 0 Å². The van der Waals surface area contributed by atoms with Crippen molar-refractivity contribution in [1.29, 1.82) is 0 Å². The number of nitrogens with zero attached hydrogens (tertiary/aromatic N) is 3. The molecule has 9 nitrogen and oxygen atoms in total. The summed E-state index contributed by atoms with van der Waals surface area (Å²) in [5.41, 5.74) is 4.69. The number of para-hydroxylation sites is 2. The maximum atomic E-state index is 14.0. The highest BCUT2D eigenvalue weighted by Crippen LogP contribution is 2.32. The number of hydrogen-bond donors (Lipinski definition) is 2. The highest BCUT2D eigenvalue weighted by Gasteiger charge is 2.33. The van der Waals surface area contributed by atoms with Crippen LogP contribution in [0.3, 0.4) is 0 Å². The molecule has 0 radical (unpaired) electrons. The third kappa shape index (κ3) is 7.54. The van der Waals surface area contributed by atoms with Gasteiger partial charge in [0.1, 0.15) is 6.04 Å². The summed E-state index contributed by atoms with van der Waals surface area (Å²) in [6, 6.07) is 21.7. The zero-order chi connectivity index (χ0) is 31.3. The van der Waals surface area contributed by atoms with E-state index in [2.05, 4.69) is 21.6 Å². The van der Waals surface area contributed by atoms with Gasteiger partial charge in [-0.25, -0.2) is 8.42 Å². The number of rotatable bonds is 10. The lowest BCUT2D eigenvalue weighted by Crippen LogP contribution is -2.58. The van der Waals surface area contributed by atoms with Gasteiger partial charge in [-0.2, -0.15) is 0 Å². The first-order valence-electron chi connectivity index (χ1n) is 15.1. The maximum absolute atomic E-state index is 14.0. The summed E-state index contributed by atoms with van der Waals surface area (Å²) < 4.78 is 26.7. The van der Waals surface area contributed by atoms with Crippen LogP contribution in [0.1, 0.15) is 30.0 Å². The molecule has 3 aromatic rings. The van der Waals surface area contributed by atoms with Crippen molar-refractivity contribution >= 4 is 44.8 Å². The lowest BCUT2D eigenvalue weighted by Gasteiger charge is -2.39. The van der Waals surface area contributed by atoms with Crippen molar-refractivity contribution in [2.24, 2.45) is 0 Å². The van der Waals surface area contributed by atoms with Gasteiger partial charge in [-0.15, -0.1) is 0 Å². The van der Waals surface area contributed by atoms with Crippen LogP contribution in [0.25, 0.3) is 0 Å². The topological polar surface area (TPSA) is 102 Å². The smallest absolute Gasteiger partial charge is 0.245 e. The van der Waals surface area contributed by atoms with Crippen molar-refractivity contribution in [3.63, 3.8) is 0 Å². The second-order valence-corrected chi connectivity index (χ2v) is 13.8. The molecule has 3 aromatic carbocycles. The van der Waals surface area contributed by atoms with E-state index in [-0.39, 0.29) is 11.8 Å². The number of hydrogen-bond acceptors (Lipinski definition) is 6. The number of halogens is 1. The number of anilines is 2. The van der Waals surface area contributed by atoms with E-state index in [9.17, 15) is 18.0 Å². The number of amides is 2. The minimum atomic E-state index is -3.46. The standard InChI is InChI=1S/C33H40ClN5O4S/c1-3-16-39(44(2,42)43)31-11-7-6-10-30(31)37-17-19-38(20-18-37)33(41)29(21-24-12-14-27(34)15-13-24)36-32(40)28-22-25-8-4-5-9-26(25)23-35-28/h4-15,28-29,35H,3,16-23H2,1-2H3,(H,36,40)/t28?,29-/m1/s1. The summed E-state index contributed by atoms with van der Waals surface area (Å²) >= 11 is 6.10. The van der Waals surface area contributed by atoms with E-state index >= 15 is 0 Å². The monoisotopic (exact) mass is 637 g/mol. The van der Waals surface area contributed by atoms with Crippen molar-refractivity contribution in [1.82, 2.24) is 15.5 Å². The van der Waals surface area contributed by atoms with E-state index < -0.39 is 22.1 Å². The van der Waals surface area contributed by atoms with Gasteiger partial charge in [0, 0.05) is 50.7 Å². The minimum Gasteiger partial charge on any atom is -0.366 e. The fourth-order valence-corrected chi connectivity index (χ4v) is 7.12. The van der Waals surface area contributed by atoms with Gasteiger partial charge in [0.2, 0.25) is 21.8 Å². The first-order valence-corrected chi connectivity index (χ1v) is 17.3. The van der Waals surface area contributed by atoms with Gasteiger partial charge in [0.15, 0.2) is 0 Å². The summed E-state index contributed by atoms with van der Waals surface area (Å²) in [5.74, 6) is -0.336. The van der Waals surface area contributed by atoms with Crippen LogP contribution >= 0.6 is 11.6 Å². The van der Waals surface area contributed by atoms with Crippen LogP contribution in [0.2, 0.25) is 5.02 Å². The van der Waals surface area contributed by atoms with Gasteiger partial charge in [-0.3, -0.25) is 13.9 Å². The van der Waals surface area contributed by atoms with Crippen molar-refractivity contribution in [3.05, 3.63) is 94.5 Å². The quantitative estimate of drug-likeness (QED) is 0.352. The lowest BCUT2D eigenvalue weighted by molar-refractivity contribution is -0.137. The molecule has 2 aliphatic rings. The van der Waals surface area contributed by atoms with Crippen molar-refractivity contribution in [2.75, 3.05) is 48.2 Å². The van der Waals surface area contributed by atoms with Gasteiger partial charge in [0.05, 0.1) is 23.7 Å². The van der Waals surface area contributed by atoms with Gasteiger partial charge >= 0.3 is 0 Å². The Morgan fingerprint density at radius 2 is 1.64 bits per heavy atom. The minimum absolute atomic E-state index is 0.138. The maximum Gasteiger partial charge on any atom is 0.245 e. The first kappa shape index (κ1) is 31.8. The molecule has 11 heteroatoms. The Morgan fingerprint density at radius 3 is 2.32 bits per heavy atom. The largest absolute Gasteiger partial charge is 0.366 e. The molecular weight excluding hydrogens is 598 g/mol. The number of piperazine rings is 1. The molecule has 1 fully saturated rings. The lowest BCUT2D eigenvalue weighted by atomic mass is 9.95. The third-order valence-corrected chi connectivity index (χ3v) is 9.71. The molecule has 2 amide bonds. The average Bonchev–Trinajstić information content (AvgIpc) is 3.03. The van der Waals surface area contributed by atoms with Gasteiger partial charge in [-0.05, 0) is 53.8 Å². The van der Waals surface area contributed by atoms with E-state index in [1.165, 1.54) is 16.1 Å². The average molecular weight is 638 g/mol. The first-order chi connectivity index (χ1) is 21.1. The van der Waals surface area contributed by atoms with Crippen LogP contribution in [0.5, 0.6) is 0 Å². The Labute approximate surface area is 265 Å². The molecule has 1 unspecified atom stereocenters. The zero-order valence-electron chi connectivity index (χ0n) is 25.2. The molecule has 2 N–H and O–H groups in total. The van der Waals surface area contributed by atoms with Crippen molar-refractivity contribution in [3.8, 4) is 0 Å². The molecule has 5 rings (SSSR count). The molecule has 2 atom stereocenters. The van der Waals surface area contributed by atoms with Crippen molar-refractivity contribution < 1.29 is 18.0 Å². The number of benzene rings is 3. The molecule has 0 bridgehead atoms. The Hall–Kier alpha value is -3.60. The molecular formula is C33H40ClN5O4S. The Kier molecular flexibility index (Phi) is 10.1. The Balaban J connectivity index is 1.30. The predicted octanol–water partition coefficient (Wildman–Crippen LogP) is 3.61. The van der Waals surface area contributed by atoms with Crippen LogP contribution in [0.4, 0.5) is 11.4 Å². The second kappa shape index (κ2) is 14.0. The predicted molar refractivity (Wildman–Crippen MR) is 176 cm³/mol. The van der Waals surface area contributed by atoms with Crippen LogP contribution in [0, 0.1) is 0 Å². The summed E-state index contributed by atoms with van der Waals surface area (Å²) in [4.78, 5) is 31.4. The number of nitrogens with one attached hydrogen (secondary N) is 2. The number of carbonyl (C=O) groups excluding carboxylic acids is 2. The van der Waals surface area contributed by atoms with Crippen LogP contribution in [-0.4, -0.2) is 76.2 Å². The van der Waals surface area contributed by atoms with E-state index in [0.29, 0.717) is 69.2 Å². The summed E-state index contributed by atoms with van der Waals surface area (Å²) in [6.45, 7) is 4.91. The normalized spacial score (nSPS) is 17.5. The Bertz CT molecular complexity index is 1570. The number of fused-ring (bicyclic) bond motifs is 1.